The Morgan fingerprint density at radius 2 is 1.59 bits per heavy atom. The van der Waals surface area contributed by atoms with Gasteiger partial charge in [0, 0.05) is 24.1 Å². The summed E-state index contributed by atoms with van der Waals surface area (Å²) in [5.74, 6) is 1.05. The number of nitrogens with one attached hydrogen (secondary N) is 2. The van der Waals surface area contributed by atoms with Crippen LogP contribution in [0.15, 0.2) is 24.3 Å². The van der Waals surface area contributed by atoms with Crippen molar-refractivity contribution in [3.8, 4) is 5.75 Å². The second-order valence-corrected chi connectivity index (χ2v) is 7.73. The number of carbonyl (C=O) groups excluding carboxylic acids is 2. The van der Waals surface area contributed by atoms with E-state index in [0.29, 0.717) is 0 Å². The standard InChI is InChI=1S/C22H34N2O3/c1-4-5-6-15-23-21(25)17-7-9-18(10-8-17)22(26)24-19-11-13-20(14-12-19)27-16(2)3/h11-14,16-18H,4-10,15H2,1-3H3,(H,23,25)(H,24,26). The Labute approximate surface area is 163 Å². The SMILES string of the molecule is CCCCCNC(=O)C1CCC(C(=O)Nc2ccc(OC(C)C)cc2)CC1. The second-order valence-electron chi connectivity index (χ2n) is 7.73. The van der Waals surface area contributed by atoms with Crippen LogP contribution < -0.4 is 15.4 Å². The van der Waals surface area contributed by atoms with Crippen LogP contribution in [0.4, 0.5) is 5.69 Å². The van der Waals surface area contributed by atoms with E-state index in [0.717, 1.165) is 62.9 Å². The van der Waals surface area contributed by atoms with Crippen LogP contribution in [0.25, 0.3) is 0 Å². The fourth-order valence-electron chi connectivity index (χ4n) is 3.48. The van der Waals surface area contributed by atoms with Gasteiger partial charge < -0.3 is 15.4 Å². The third kappa shape index (κ3) is 7.24. The largest absolute Gasteiger partial charge is 0.491 e. The monoisotopic (exact) mass is 374 g/mol. The second kappa shape index (κ2) is 11.0. The predicted octanol–water partition coefficient (Wildman–Crippen LogP) is 4.53. The van der Waals surface area contributed by atoms with Crippen LogP contribution in [-0.4, -0.2) is 24.5 Å². The number of rotatable bonds is 9. The third-order valence-electron chi connectivity index (χ3n) is 5.04. The Morgan fingerprint density at radius 3 is 2.15 bits per heavy atom. The van der Waals surface area contributed by atoms with Crippen molar-refractivity contribution in [3.05, 3.63) is 24.3 Å². The van der Waals surface area contributed by atoms with Gasteiger partial charge in [-0.3, -0.25) is 9.59 Å². The van der Waals surface area contributed by atoms with E-state index in [1.807, 2.05) is 38.1 Å². The summed E-state index contributed by atoms with van der Waals surface area (Å²) in [7, 11) is 0. The van der Waals surface area contributed by atoms with Crippen LogP contribution in [0, 0.1) is 11.8 Å². The smallest absolute Gasteiger partial charge is 0.227 e. The molecule has 1 aliphatic rings. The lowest BCUT2D eigenvalue weighted by Gasteiger charge is -2.27. The summed E-state index contributed by atoms with van der Waals surface area (Å²) in [5.41, 5.74) is 0.784. The normalized spacial score (nSPS) is 19.6. The summed E-state index contributed by atoms with van der Waals surface area (Å²) in [5, 5.41) is 6.03. The van der Waals surface area contributed by atoms with E-state index in [1.165, 1.54) is 0 Å². The molecule has 1 aromatic rings. The molecule has 0 heterocycles. The molecule has 27 heavy (non-hydrogen) atoms. The molecule has 0 radical (unpaired) electrons. The maximum atomic E-state index is 12.5. The van der Waals surface area contributed by atoms with E-state index in [1.54, 1.807) is 0 Å². The van der Waals surface area contributed by atoms with E-state index >= 15 is 0 Å². The summed E-state index contributed by atoms with van der Waals surface area (Å²) in [4.78, 5) is 24.7. The van der Waals surface area contributed by atoms with Gasteiger partial charge in [0.15, 0.2) is 0 Å². The number of benzene rings is 1. The lowest BCUT2D eigenvalue weighted by molar-refractivity contribution is -0.128. The molecule has 0 unspecified atom stereocenters. The van der Waals surface area contributed by atoms with Gasteiger partial charge in [-0.2, -0.15) is 0 Å². The van der Waals surface area contributed by atoms with Crippen molar-refractivity contribution in [1.29, 1.82) is 0 Å². The Bertz CT molecular complexity index is 590. The van der Waals surface area contributed by atoms with Crippen molar-refractivity contribution in [1.82, 2.24) is 5.32 Å². The van der Waals surface area contributed by atoms with Crippen LogP contribution in [0.1, 0.15) is 65.7 Å². The van der Waals surface area contributed by atoms with Crippen molar-refractivity contribution in [3.63, 3.8) is 0 Å². The predicted molar refractivity (Wildman–Crippen MR) is 109 cm³/mol. The molecule has 1 fully saturated rings. The fourth-order valence-corrected chi connectivity index (χ4v) is 3.48. The molecule has 5 heteroatoms. The molecular weight excluding hydrogens is 340 g/mol. The maximum absolute atomic E-state index is 12.5. The summed E-state index contributed by atoms with van der Waals surface area (Å²) >= 11 is 0. The highest BCUT2D eigenvalue weighted by Crippen LogP contribution is 2.30. The zero-order valence-corrected chi connectivity index (χ0v) is 16.9. The van der Waals surface area contributed by atoms with Gasteiger partial charge in [-0.15, -0.1) is 0 Å². The molecule has 5 nitrogen and oxygen atoms in total. The van der Waals surface area contributed by atoms with E-state index in [-0.39, 0.29) is 29.8 Å². The molecule has 0 bridgehead atoms. The van der Waals surface area contributed by atoms with Gasteiger partial charge in [0.25, 0.3) is 0 Å². The number of hydrogen-bond donors (Lipinski definition) is 2. The quantitative estimate of drug-likeness (QED) is 0.624. The van der Waals surface area contributed by atoms with Crippen LogP contribution in [0.3, 0.4) is 0 Å². The highest BCUT2D eigenvalue weighted by molar-refractivity contribution is 5.92. The molecule has 0 spiro atoms. The van der Waals surface area contributed by atoms with Crippen molar-refractivity contribution in [2.24, 2.45) is 11.8 Å². The molecular formula is C22H34N2O3. The van der Waals surface area contributed by atoms with Gasteiger partial charge >= 0.3 is 0 Å². The molecule has 0 aromatic heterocycles. The Kier molecular flexibility index (Phi) is 8.62. The Balaban J connectivity index is 1.73. The number of hydrogen-bond acceptors (Lipinski definition) is 3. The van der Waals surface area contributed by atoms with E-state index < -0.39 is 0 Å². The van der Waals surface area contributed by atoms with Gasteiger partial charge in [0.1, 0.15) is 5.75 Å². The molecule has 2 amide bonds. The van der Waals surface area contributed by atoms with Gasteiger partial charge in [0.05, 0.1) is 6.10 Å². The minimum absolute atomic E-state index is 0.0132. The van der Waals surface area contributed by atoms with Crippen LogP contribution in [0.5, 0.6) is 5.75 Å². The first-order valence-electron chi connectivity index (χ1n) is 10.3. The van der Waals surface area contributed by atoms with Crippen molar-refractivity contribution in [2.45, 2.75) is 71.8 Å². The molecule has 150 valence electrons. The number of anilines is 1. The number of carbonyl (C=O) groups is 2. The van der Waals surface area contributed by atoms with Crippen LogP contribution in [0.2, 0.25) is 0 Å². The van der Waals surface area contributed by atoms with Crippen molar-refractivity contribution >= 4 is 17.5 Å². The van der Waals surface area contributed by atoms with Gasteiger partial charge in [0.2, 0.25) is 11.8 Å². The average Bonchev–Trinajstić information content (AvgIpc) is 2.66. The van der Waals surface area contributed by atoms with Crippen LogP contribution >= 0.6 is 0 Å². The zero-order valence-electron chi connectivity index (χ0n) is 16.9. The first kappa shape index (κ1) is 21.3. The maximum Gasteiger partial charge on any atom is 0.227 e. The highest BCUT2D eigenvalue weighted by Gasteiger charge is 2.29. The van der Waals surface area contributed by atoms with Crippen molar-refractivity contribution in [2.75, 3.05) is 11.9 Å². The zero-order chi connectivity index (χ0) is 19.6. The average molecular weight is 375 g/mol. The molecule has 2 N–H and O–H groups in total. The highest BCUT2D eigenvalue weighted by atomic mass is 16.5. The van der Waals surface area contributed by atoms with Gasteiger partial charge in [-0.05, 0) is 70.2 Å². The Hall–Kier alpha value is -2.04. The number of ether oxygens (including phenoxy) is 1. The van der Waals surface area contributed by atoms with Crippen molar-refractivity contribution < 1.29 is 14.3 Å². The molecule has 0 aliphatic heterocycles. The third-order valence-corrected chi connectivity index (χ3v) is 5.04. The summed E-state index contributed by atoms with van der Waals surface area (Å²) < 4.78 is 5.62. The molecule has 0 atom stereocenters. The lowest BCUT2D eigenvalue weighted by Crippen LogP contribution is -2.35. The minimum Gasteiger partial charge on any atom is -0.491 e. The molecule has 2 rings (SSSR count). The minimum atomic E-state index is -0.0132. The number of unbranched alkanes of at least 4 members (excludes halogenated alkanes) is 2. The van der Waals surface area contributed by atoms with Crippen LogP contribution in [-0.2, 0) is 9.59 Å². The van der Waals surface area contributed by atoms with E-state index in [2.05, 4.69) is 17.6 Å². The van der Waals surface area contributed by atoms with E-state index in [4.69, 9.17) is 4.74 Å². The summed E-state index contributed by atoms with van der Waals surface area (Å²) in [6, 6.07) is 7.47. The molecule has 1 saturated carbocycles. The Morgan fingerprint density at radius 1 is 1.00 bits per heavy atom. The summed E-state index contributed by atoms with van der Waals surface area (Å²) in [6.45, 7) is 6.89. The number of amides is 2. The summed E-state index contributed by atoms with van der Waals surface area (Å²) in [6.07, 6.45) is 6.60. The topological polar surface area (TPSA) is 67.4 Å². The fraction of sp³-hybridized carbons (Fsp3) is 0.636. The first-order chi connectivity index (χ1) is 13.0. The van der Waals surface area contributed by atoms with Gasteiger partial charge in [-0.1, -0.05) is 19.8 Å². The molecule has 0 saturated heterocycles. The molecule has 1 aromatic carbocycles. The molecule has 1 aliphatic carbocycles. The lowest BCUT2D eigenvalue weighted by atomic mass is 9.81. The first-order valence-corrected chi connectivity index (χ1v) is 10.3. The van der Waals surface area contributed by atoms with E-state index in [9.17, 15) is 9.59 Å². The van der Waals surface area contributed by atoms with Gasteiger partial charge in [-0.25, -0.2) is 0 Å².